The van der Waals surface area contributed by atoms with Crippen LogP contribution in [0, 0.1) is 5.82 Å². The molecule has 0 spiro atoms. The van der Waals surface area contributed by atoms with Crippen LogP contribution in [-0.2, 0) is 6.42 Å². The summed E-state index contributed by atoms with van der Waals surface area (Å²) in [6.07, 6.45) is 3.59. The van der Waals surface area contributed by atoms with Gasteiger partial charge in [0.25, 0.3) is 0 Å². The lowest BCUT2D eigenvalue weighted by Crippen LogP contribution is -2.37. The van der Waals surface area contributed by atoms with E-state index in [1.807, 2.05) is 16.7 Å². The highest BCUT2D eigenvalue weighted by molar-refractivity contribution is 6.31. The number of benzene rings is 2. The predicted molar refractivity (Wildman–Crippen MR) is 115 cm³/mol. The van der Waals surface area contributed by atoms with E-state index in [2.05, 4.69) is 15.0 Å². The number of H-pyrrole nitrogens is 1. The van der Waals surface area contributed by atoms with Crippen molar-refractivity contribution in [3.63, 3.8) is 0 Å². The molecule has 2 aromatic carbocycles. The second-order valence-corrected chi connectivity index (χ2v) is 8.34. The fourth-order valence-electron chi connectivity index (χ4n) is 4.47. The molecule has 0 amide bonds. The molecule has 2 aromatic heterocycles. The Labute approximate surface area is 177 Å². The molecular formula is C22H22ClFN4O2. The number of rotatable bonds is 5. The Morgan fingerprint density at radius 2 is 2.03 bits per heavy atom. The van der Waals surface area contributed by atoms with Crippen molar-refractivity contribution in [3.8, 4) is 0 Å². The number of nitrogens with zero attached hydrogens (tertiary/aromatic N) is 3. The predicted octanol–water partition coefficient (Wildman–Crippen LogP) is 4.53. The minimum atomic E-state index is -0.315. The standard InChI is InChI=1S/C22H22ClFN4O2/c23-14-3-6-19-20(12-14)28(22(29)25-19)16-7-10-27(11-8-16)9-1-2-18-17-5-4-15(24)13-21(17)30-26-18/h3-6,12-13,16H,1-2,7-11H2,(H,25,29). The fourth-order valence-corrected chi connectivity index (χ4v) is 4.64. The van der Waals surface area contributed by atoms with Gasteiger partial charge in [0.15, 0.2) is 5.58 Å². The van der Waals surface area contributed by atoms with Gasteiger partial charge < -0.3 is 14.4 Å². The first kappa shape index (κ1) is 19.3. The molecule has 0 atom stereocenters. The first-order valence-electron chi connectivity index (χ1n) is 10.2. The second kappa shape index (κ2) is 7.89. The molecule has 0 unspecified atom stereocenters. The highest BCUT2D eigenvalue weighted by Gasteiger charge is 2.23. The molecule has 0 bridgehead atoms. The molecule has 6 nitrogen and oxygen atoms in total. The molecule has 156 valence electrons. The molecule has 1 aliphatic heterocycles. The van der Waals surface area contributed by atoms with Gasteiger partial charge in [-0.1, -0.05) is 16.8 Å². The SMILES string of the molecule is O=c1[nH]c2ccc(Cl)cc2n1C1CCN(CCCc2noc3cc(F)ccc23)CC1. The third kappa shape index (κ3) is 3.63. The fraction of sp³-hybridized carbons (Fsp3) is 0.364. The Hall–Kier alpha value is -2.64. The van der Waals surface area contributed by atoms with Crippen LogP contribution in [0.25, 0.3) is 22.0 Å². The van der Waals surface area contributed by atoms with Gasteiger partial charge in [-0.25, -0.2) is 9.18 Å². The monoisotopic (exact) mass is 428 g/mol. The van der Waals surface area contributed by atoms with E-state index in [9.17, 15) is 9.18 Å². The number of likely N-dealkylation sites (tertiary alicyclic amines) is 1. The molecule has 30 heavy (non-hydrogen) atoms. The second-order valence-electron chi connectivity index (χ2n) is 7.91. The lowest BCUT2D eigenvalue weighted by Gasteiger charge is -2.32. The van der Waals surface area contributed by atoms with E-state index >= 15 is 0 Å². The summed E-state index contributed by atoms with van der Waals surface area (Å²) in [5.74, 6) is -0.315. The van der Waals surface area contributed by atoms with Crippen molar-refractivity contribution in [3.05, 3.63) is 63.4 Å². The third-order valence-electron chi connectivity index (χ3n) is 6.00. The highest BCUT2D eigenvalue weighted by Crippen LogP contribution is 2.27. The first-order chi connectivity index (χ1) is 14.6. The number of imidazole rings is 1. The summed E-state index contributed by atoms with van der Waals surface area (Å²) in [5, 5.41) is 5.62. The molecule has 5 rings (SSSR count). The minimum absolute atomic E-state index is 0.0694. The zero-order valence-electron chi connectivity index (χ0n) is 16.4. The molecule has 1 saturated heterocycles. The van der Waals surface area contributed by atoms with Crippen LogP contribution in [0.4, 0.5) is 4.39 Å². The molecule has 8 heteroatoms. The van der Waals surface area contributed by atoms with E-state index < -0.39 is 0 Å². The number of aromatic nitrogens is 3. The van der Waals surface area contributed by atoms with Crippen molar-refractivity contribution in [2.75, 3.05) is 19.6 Å². The number of piperidine rings is 1. The van der Waals surface area contributed by atoms with Gasteiger partial charge in [0.1, 0.15) is 5.82 Å². The lowest BCUT2D eigenvalue weighted by atomic mass is 10.0. The van der Waals surface area contributed by atoms with Gasteiger partial charge in [0, 0.05) is 35.6 Å². The maximum Gasteiger partial charge on any atom is 0.326 e. The van der Waals surface area contributed by atoms with Crippen LogP contribution in [0.2, 0.25) is 5.02 Å². The Morgan fingerprint density at radius 1 is 1.20 bits per heavy atom. The van der Waals surface area contributed by atoms with Crippen LogP contribution in [-0.4, -0.2) is 39.2 Å². The summed E-state index contributed by atoms with van der Waals surface area (Å²) in [4.78, 5) is 17.8. The maximum atomic E-state index is 13.3. The van der Waals surface area contributed by atoms with Gasteiger partial charge in [-0.3, -0.25) is 4.57 Å². The maximum absolute atomic E-state index is 13.3. The average Bonchev–Trinajstić information content (AvgIpc) is 3.28. The topological polar surface area (TPSA) is 67.1 Å². The van der Waals surface area contributed by atoms with Crippen LogP contribution in [0.3, 0.4) is 0 Å². The summed E-state index contributed by atoms with van der Waals surface area (Å²) in [6, 6.07) is 10.2. The number of aromatic amines is 1. The molecule has 0 aliphatic carbocycles. The Bertz CT molecular complexity index is 1250. The molecule has 1 N–H and O–H groups in total. The van der Waals surface area contributed by atoms with E-state index in [0.717, 1.165) is 67.4 Å². The molecule has 4 aromatic rings. The van der Waals surface area contributed by atoms with Gasteiger partial charge in [-0.05, 0) is 62.6 Å². The number of hydrogen-bond donors (Lipinski definition) is 1. The van der Waals surface area contributed by atoms with Crippen LogP contribution < -0.4 is 5.69 Å². The quantitative estimate of drug-likeness (QED) is 0.507. The number of hydrogen-bond acceptors (Lipinski definition) is 4. The highest BCUT2D eigenvalue weighted by atomic mass is 35.5. The zero-order valence-corrected chi connectivity index (χ0v) is 17.2. The zero-order chi connectivity index (χ0) is 20.7. The van der Waals surface area contributed by atoms with Crippen molar-refractivity contribution in [2.24, 2.45) is 0 Å². The summed E-state index contributed by atoms with van der Waals surface area (Å²) < 4.78 is 20.4. The largest absolute Gasteiger partial charge is 0.356 e. The van der Waals surface area contributed by atoms with Crippen LogP contribution in [0.15, 0.2) is 45.7 Å². The van der Waals surface area contributed by atoms with E-state index in [4.69, 9.17) is 16.1 Å². The summed E-state index contributed by atoms with van der Waals surface area (Å²) >= 11 is 6.14. The van der Waals surface area contributed by atoms with Gasteiger partial charge in [0.2, 0.25) is 0 Å². The van der Waals surface area contributed by atoms with E-state index in [1.165, 1.54) is 12.1 Å². The summed E-state index contributed by atoms with van der Waals surface area (Å²) in [7, 11) is 0. The van der Waals surface area contributed by atoms with Crippen molar-refractivity contribution in [1.82, 2.24) is 19.6 Å². The Kier molecular flexibility index (Phi) is 5.08. The van der Waals surface area contributed by atoms with E-state index in [0.29, 0.717) is 10.6 Å². The number of aryl methyl sites for hydroxylation is 1. The summed E-state index contributed by atoms with van der Waals surface area (Å²) in [6.45, 7) is 2.83. The van der Waals surface area contributed by atoms with Crippen molar-refractivity contribution >= 4 is 33.6 Å². The van der Waals surface area contributed by atoms with E-state index in [-0.39, 0.29) is 17.5 Å². The number of fused-ring (bicyclic) bond motifs is 2. The van der Waals surface area contributed by atoms with Crippen molar-refractivity contribution in [1.29, 1.82) is 0 Å². The third-order valence-corrected chi connectivity index (χ3v) is 6.23. The molecular weight excluding hydrogens is 407 g/mol. The normalized spacial score (nSPS) is 16.1. The smallest absolute Gasteiger partial charge is 0.326 e. The molecule has 1 fully saturated rings. The van der Waals surface area contributed by atoms with Gasteiger partial charge >= 0.3 is 5.69 Å². The first-order valence-corrected chi connectivity index (χ1v) is 10.6. The van der Waals surface area contributed by atoms with Crippen molar-refractivity contribution in [2.45, 2.75) is 31.7 Å². The Morgan fingerprint density at radius 3 is 2.87 bits per heavy atom. The van der Waals surface area contributed by atoms with Gasteiger partial charge in [-0.2, -0.15) is 0 Å². The van der Waals surface area contributed by atoms with Crippen LogP contribution in [0.5, 0.6) is 0 Å². The van der Waals surface area contributed by atoms with E-state index in [1.54, 1.807) is 12.1 Å². The molecule has 1 aliphatic rings. The average molecular weight is 429 g/mol. The minimum Gasteiger partial charge on any atom is -0.356 e. The number of nitrogens with one attached hydrogen (secondary N) is 1. The molecule has 3 heterocycles. The lowest BCUT2D eigenvalue weighted by molar-refractivity contribution is 0.185. The molecule has 0 saturated carbocycles. The Balaban J connectivity index is 1.19. The van der Waals surface area contributed by atoms with Crippen LogP contribution in [0.1, 0.15) is 31.0 Å². The number of halogens is 2. The van der Waals surface area contributed by atoms with Gasteiger partial charge in [-0.15, -0.1) is 0 Å². The van der Waals surface area contributed by atoms with Crippen LogP contribution >= 0.6 is 11.6 Å². The van der Waals surface area contributed by atoms with Gasteiger partial charge in [0.05, 0.1) is 16.7 Å². The summed E-state index contributed by atoms with van der Waals surface area (Å²) in [5.41, 5.74) is 3.00. The van der Waals surface area contributed by atoms with Crippen molar-refractivity contribution < 1.29 is 8.91 Å². The molecule has 0 radical (unpaired) electrons.